The molecule has 0 saturated heterocycles. The fourth-order valence-corrected chi connectivity index (χ4v) is 1.27. The number of hydrogen-bond donors (Lipinski definition) is 0. The summed E-state index contributed by atoms with van der Waals surface area (Å²) >= 11 is 0. The lowest BCUT2D eigenvalue weighted by Crippen LogP contribution is -1.86. The van der Waals surface area contributed by atoms with Crippen molar-refractivity contribution in [3.8, 4) is 0 Å². The summed E-state index contributed by atoms with van der Waals surface area (Å²) in [6.07, 6.45) is 13.3. The molecule has 0 aliphatic carbocycles. The topological polar surface area (TPSA) is 0 Å². The Bertz CT molecular complexity index is 194. The smallest absolute Gasteiger partial charge is 0.0259 e. The molecule has 13 heavy (non-hydrogen) atoms. The van der Waals surface area contributed by atoms with Gasteiger partial charge in [-0.1, -0.05) is 56.2 Å². The molecule has 0 aromatic rings. The normalized spacial score (nSPS) is 15.8. The highest BCUT2D eigenvalue weighted by Gasteiger charge is 1.91. The summed E-state index contributed by atoms with van der Waals surface area (Å²) in [6.45, 7) is 8.65. The highest BCUT2D eigenvalue weighted by molar-refractivity contribution is 5.21. The van der Waals surface area contributed by atoms with Crippen LogP contribution in [0.15, 0.2) is 36.0 Å². The lowest BCUT2D eigenvalue weighted by Gasteiger charge is -2.00. The lowest BCUT2D eigenvalue weighted by atomic mass is 10.1. The van der Waals surface area contributed by atoms with Crippen LogP contribution in [0.3, 0.4) is 0 Å². The molecule has 74 valence electrons. The van der Waals surface area contributed by atoms with Gasteiger partial charge in [-0.25, -0.2) is 0 Å². The van der Waals surface area contributed by atoms with E-state index in [2.05, 4.69) is 51.2 Å². The van der Waals surface area contributed by atoms with Crippen molar-refractivity contribution in [1.29, 1.82) is 0 Å². The zero-order valence-electron chi connectivity index (χ0n) is 9.38. The van der Waals surface area contributed by atoms with Crippen LogP contribution in [0.4, 0.5) is 0 Å². The third kappa shape index (κ3) is 7.58. The summed E-state index contributed by atoms with van der Waals surface area (Å²) < 4.78 is 0. The van der Waals surface area contributed by atoms with E-state index in [0.29, 0.717) is 5.92 Å². The quantitative estimate of drug-likeness (QED) is 0.544. The summed E-state index contributed by atoms with van der Waals surface area (Å²) in [4.78, 5) is 0. The van der Waals surface area contributed by atoms with Crippen molar-refractivity contribution in [3.63, 3.8) is 0 Å². The van der Waals surface area contributed by atoms with E-state index >= 15 is 0 Å². The van der Waals surface area contributed by atoms with Crippen molar-refractivity contribution in [3.05, 3.63) is 36.0 Å². The van der Waals surface area contributed by atoms with Gasteiger partial charge < -0.3 is 0 Å². The van der Waals surface area contributed by atoms with Crippen LogP contribution in [0.1, 0.15) is 40.5 Å². The molecular formula is C13H22. The monoisotopic (exact) mass is 178 g/mol. The Labute approximate surface area is 83.0 Å². The largest absolute Gasteiger partial charge is 0.0874 e. The Morgan fingerprint density at radius 2 is 2.08 bits per heavy atom. The van der Waals surface area contributed by atoms with E-state index in [1.54, 1.807) is 0 Å². The van der Waals surface area contributed by atoms with E-state index in [9.17, 15) is 0 Å². The fourth-order valence-electron chi connectivity index (χ4n) is 1.27. The maximum Gasteiger partial charge on any atom is -0.0259 e. The van der Waals surface area contributed by atoms with Crippen molar-refractivity contribution in [2.24, 2.45) is 5.92 Å². The van der Waals surface area contributed by atoms with Gasteiger partial charge in [-0.2, -0.15) is 0 Å². The Morgan fingerprint density at radius 3 is 2.62 bits per heavy atom. The van der Waals surface area contributed by atoms with Crippen molar-refractivity contribution in [2.75, 3.05) is 0 Å². The molecule has 0 aromatic heterocycles. The van der Waals surface area contributed by atoms with Gasteiger partial charge in [0, 0.05) is 0 Å². The van der Waals surface area contributed by atoms with Gasteiger partial charge in [0.25, 0.3) is 0 Å². The van der Waals surface area contributed by atoms with E-state index in [0.717, 1.165) is 0 Å². The minimum atomic E-state index is 0.708. The Hall–Kier alpha value is -0.780. The second-order valence-electron chi connectivity index (χ2n) is 3.56. The lowest BCUT2D eigenvalue weighted by molar-refractivity contribution is 0.634. The maximum atomic E-state index is 2.27. The van der Waals surface area contributed by atoms with E-state index in [4.69, 9.17) is 0 Å². The van der Waals surface area contributed by atoms with Crippen molar-refractivity contribution in [1.82, 2.24) is 0 Å². The maximum absolute atomic E-state index is 2.27. The first-order chi connectivity index (χ1) is 6.20. The molecule has 0 radical (unpaired) electrons. The Morgan fingerprint density at radius 1 is 1.38 bits per heavy atom. The van der Waals surface area contributed by atoms with Gasteiger partial charge in [-0.3, -0.25) is 0 Å². The standard InChI is InChI=1S/C13H22/c1-5-8-12(3)10-7-11-13(4)9-6-2/h5,7-8,10-11,13H,6,9H2,1-4H3/b8-5-,11-7-,12-10-. The SMILES string of the molecule is C\C=C/C(C)=C\C=C/C(C)CCC. The first kappa shape index (κ1) is 12.2. The average molecular weight is 178 g/mol. The van der Waals surface area contributed by atoms with E-state index in [-0.39, 0.29) is 0 Å². The first-order valence-electron chi connectivity index (χ1n) is 5.18. The fraction of sp³-hybridized carbons (Fsp3) is 0.538. The second kappa shape index (κ2) is 7.85. The average Bonchev–Trinajstić information content (AvgIpc) is 2.05. The molecule has 1 unspecified atom stereocenters. The summed E-state index contributed by atoms with van der Waals surface area (Å²) in [5, 5.41) is 0. The number of allylic oxidation sites excluding steroid dienone is 6. The summed E-state index contributed by atoms with van der Waals surface area (Å²) in [5.41, 5.74) is 1.31. The zero-order chi connectivity index (χ0) is 10.1. The predicted octanol–water partition coefficient (Wildman–Crippen LogP) is 4.50. The molecule has 0 rings (SSSR count). The minimum Gasteiger partial charge on any atom is -0.0874 e. The molecular weight excluding hydrogens is 156 g/mol. The molecule has 0 aliphatic heterocycles. The van der Waals surface area contributed by atoms with E-state index < -0.39 is 0 Å². The third-order valence-corrected chi connectivity index (χ3v) is 1.97. The number of hydrogen-bond acceptors (Lipinski definition) is 0. The van der Waals surface area contributed by atoms with Crippen molar-refractivity contribution >= 4 is 0 Å². The molecule has 0 heterocycles. The van der Waals surface area contributed by atoms with Crippen molar-refractivity contribution in [2.45, 2.75) is 40.5 Å². The van der Waals surface area contributed by atoms with Gasteiger partial charge in [0.05, 0.1) is 0 Å². The molecule has 1 atom stereocenters. The van der Waals surface area contributed by atoms with Gasteiger partial charge in [-0.05, 0) is 26.2 Å². The molecule has 0 aromatic carbocycles. The molecule has 0 N–H and O–H groups in total. The first-order valence-corrected chi connectivity index (χ1v) is 5.18. The summed E-state index contributed by atoms with van der Waals surface area (Å²) in [6, 6.07) is 0. The van der Waals surface area contributed by atoms with E-state index in [1.807, 2.05) is 6.92 Å². The zero-order valence-corrected chi connectivity index (χ0v) is 9.38. The minimum absolute atomic E-state index is 0.708. The Balaban J connectivity index is 3.91. The molecule has 0 spiro atoms. The third-order valence-electron chi connectivity index (χ3n) is 1.97. The second-order valence-corrected chi connectivity index (χ2v) is 3.56. The van der Waals surface area contributed by atoms with Crippen LogP contribution >= 0.6 is 0 Å². The molecule has 0 bridgehead atoms. The van der Waals surface area contributed by atoms with Gasteiger partial charge in [-0.15, -0.1) is 0 Å². The van der Waals surface area contributed by atoms with Gasteiger partial charge in [0.2, 0.25) is 0 Å². The Kier molecular flexibility index (Phi) is 7.38. The highest BCUT2D eigenvalue weighted by atomic mass is 14.0. The molecule has 0 aliphatic rings. The van der Waals surface area contributed by atoms with E-state index in [1.165, 1.54) is 18.4 Å². The molecule has 0 amide bonds. The summed E-state index contributed by atoms with van der Waals surface area (Å²) in [7, 11) is 0. The van der Waals surface area contributed by atoms with Gasteiger partial charge >= 0.3 is 0 Å². The van der Waals surface area contributed by atoms with Crippen LogP contribution in [0, 0.1) is 5.92 Å². The van der Waals surface area contributed by atoms with Crippen LogP contribution in [0.25, 0.3) is 0 Å². The molecule has 0 nitrogen and oxygen atoms in total. The molecule has 0 heteroatoms. The highest BCUT2D eigenvalue weighted by Crippen LogP contribution is 2.06. The van der Waals surface area contributed by atoms with Gasteiger partial charge in [0.15, 0.2) is 0 Å². The number of rotatable bonds is 5. The molecule has 0 saturated carbocycles. The predicted molar refractivity (Wildman–Crippen MR) is 61.8 cm³/mol. The van der Waals surface area contributed by atoms with Crippen molar-refractivity contribution < 1.29 is 0 Å². The van der Waals surface area contributed by atoms with Crippen LogP contribution in [-0.4, -0.2) is 0 Å². The van der Waals surface area contributed by atoms with Crippen LogP contribution in [0.5, 0.6) is 0 Å². The van der Waals surface area contributed by atoms with Crippen LogP contribution in [-0.2, 0) is 0 Å². The van der Waals surface area contributed by atoms with Gasteiger partial charge in [0.1, 0.15) is 0 Å². The summed E-state index contributed by atoms with van der Waals surface area (Å²) in [5.74, 6) is 0.708. The van der Waals surface area contributed by atoms with Crippen LogP contribution in [0.2, 0.25) is 0 Å². The van der Waals surface area contributed by atoms with Crippen LogP contribution < -0.4 is 0 Å². The molecule has 0 fully saturated rings.